The van der Waals surface area contributed by atoms with Gasteiger partial charge in [0.25, 0.3) is 0 Å². The fourth-order valence-corrected chi connectivity index (χ4v) is 4.92. The molecule has 2 aromatic rings. The Balaban J connectivity index is 1.29. The van der Waals surface area contributed by atoms with Gasteiger partial charge in [0.2, 0.25) is 0 Å². The molecule has 23 heavy (non-hydrogen) atoms. The van der Waals surface area contributed by atoms with Crippen molar-refractivity contribution in [3.63, 3.8) is 0 Å². The van der Waals surface area contributed by atoms with E-state index in [1.54, 1.807) is 0 Å². The Labute approximate surface area is 142 Å². The zero-order valence-electron chi connectivity index (χ0n) is 14.2. The molecule has 5 heteroatoms. The second kappa shape index (κ2) is 6.38. The van der Waals surface area contributed by atoms with Crippen LogP contribution in [0.2, 0.25) is 0 Å². The summed E-state index contributed by atoms with van der Waals surface area (Å²) in [5.41, 5.74) is 2.42. The second-order valence-corrected chi connectivity index (χ2v) is 8.32. The molecule has 2 aromatic heterocycles. The Morgan fingerprint density at radius 3 is 2.30 bits per heavy atom. The van der Waals surface area contributed by atoms with Crippen molar-refractivity contribution >= 4 is 11.3 Å². The molecule has 0 amide bonds. The van der Waals surface area contributed by atoms with E-state index in [0.717, 1.165) is 31.9 Å². The highest BCUT2D eigenvalue weighted by molar-refractivity contribution is 7.11. The van der Waals surface area contributed by atoms with Crippen LogP contribution in [0.4, 0.5) is 0 Å². The maximum atomic E-state index is 4.62. The Morgan fingerprint density at radius 1 is 1.04 bits per heavy atom. The summed E-state index contributed by atoms with van der Waals surface area (Å²) in [6.45, 7) is 11.3. The van der Waals surface area contributed by atoms with E-state index in [1.807, 2.05) is 11.3 Å². The number of hydrogen-bond donors (Lipinski definition) is 0. The molecular weight excluding hydrogens is 304 g/mol. The van der Waals surface area contributed by atoms with Gasteiger partial charge in [-0.05, 0) is 58.0 Å². The maximum Gasteiger partial charge on any atom is 0.0776 e. The van der Waals surface area contributed by atoms with Crippen LogP contribution in [0.25, 0.3) is 0 Å². The molecule has 2 saturated heterocycles. The van der Waals surface area contributed by atoms with Gasteiger partial charge in [0, 0.05) is 41.6 Å². The number of aromatic nitrogens is 2. The Morgan fingerprint density at radius 2 is 1.70 bits per heavy atom. The first-order chi connectivity index (χ1) is 11.2. The Hall–Kier alpha value is -1.17. The van der Waals surface area contributed by atoms with Gasteiger partial charge in [-0.1, -0.05) is 0 Å². The minimum absolute atomic E-state index is 0.563. The number of thiophene rings is 1. The monoisotopic (exact) mass is 330 g/mol. The van der Waals surface area contributed by atoms with E-state index in [1.165, 1.54) is 41.4 Å². The highest BCUT2D eigenvalue weighted by Gasteiger charge is 2.29. The van der Waals surface area contributed by atoms with E-state index in [9.17, 15) is 0 Å². The lowest BCUT2D eigenvalue weighted by Crippen LogP contribution is -2.47. The molecule has 0 radical (unpaired) electrons. The quantitative estimate of drug-likeness (QED) is 0.841. The van der Waals surface area contributed by atoms with Crippen LogP contribution in [0.5, 0.6) is 0 Å². The summed E-state index contributed by atoms with van der Waals surface area (Å²) in [4.78, 5) is 8.15. The van der Waals surface area contributed by atoms with Crippen LogP contribution in [-0.4, -0.2) is 45.8 Å². The molecule has 0 atom stereocenters. The predicted molar refractivity (Wildman–Crippen MR) is 94.8 cm³/mol. The number of hydrogen-bond acceptors (Lipinski definition) is 4. The van der Waals surface area contributed by atoms with E-state index < -0.39 is 0 Å². The first-order valence-corrected chi connectivity index (χ1v) is 9.54. The molecule has 2 aliphatic heterocycles. The van der Waals surface area contributed by atoms with E-state index in [4.69, 9.17) is 0 Å². The van der Waals surface area contributed by atoms with E-state index in [2.05, 4.69) is 51.6 Å². The van der Waals surface area contributed by atoms with Gasteiger partial charge >= 0.3 is 0 Å². The molecule has 4 heterocycles. The summed E-state index contributed by atoms with van der Waals surface area (Å²) < 4.78 is 2.21. The minimum atomic E-state index is 0.563. The maximum absolute atomic E-state index is 4.62. The second-order valence-electron chi connectivity index (χ2n) is 7.07. The van der Waals surface area contributed by atoms with Crippen molar-refractivity contribution in [2.75, 3.05) is 26.2 Å². The SMILES string of the molecule is Cc1cc(C)n(C2CN(Cc3ccc(CN4CCCC4)s3)C2)n1. The average molecular weight is 331 g/mol. The minimum Gasteiger partial charge on any atom is -0.298 e. The highest BCUT2D eigenvalue weighted by Crippen LogP contribution is 2.27. The molecular formula is C18H26N4S. The van der Waals surface area contributed by atoms with Gasteiger partial charge in [0.05, 0.1) is 11.7 Å². The predicted octanol–water partition coefficient (Wildman–Crippen LogP) is 3.21. The molecule has 2 aliphatic rings. The van der Waals surface area contributed by atoms with Crippen LogP contribution in [0.3, 0.4) is 0 Å². The molecule has 0 unspecified atom stereocenters. The summed E-state index contributed by atoms with van der Waals surface area (Å²) in [6.07, 6.45) is 2.75. The van der Waals surface area contributed by atoms with Gasteiger partial charge in [0.15, 0.2) is 0 Å². The molecule has 2 fully saturated rings. The molecule has 4 nitrogen and oxygen atoms in total. The highest BCUT2D eigenvalue weighted by atomic mass is 32.1. The normalized spacial score (nSPS) is 20.3. The third-order valence-corrected chi connectivity index (χ3v) is 6.06. The number of nitrogens with zero attached hydrogens (tertiary/aromatic N) is 4. The lowest BCUT2D eigenvalue weighted by molar-refractivity contribution is 0.0904. The fraction of sp³-hybridized carbons (Fsp3) is 0.611. The van der Waals surface area contributed by atoms with Crippen molar-refractivity contribution in [2.24, 2.45) is 0 Å². The number of aryl methyl sites for hydroxylation is 2. The molecule has 124 valence electrons. The third-order valence-electron chi connectivity index (χ3n) is 5.00. The molecule has 0 spiro atoms. The molecule has 0 saturated carbocycles. The van der Waals surface area contributed by atoms with Crippen LogP contribution in [0, 0.1) is 13.8 Å². The average Bonchev–Trinajstić information content (AvgIpc) is 3.18. The summed E-state index contributed by atoms with van der Waals surface area (Å²) >= 11 is 2.00. The molecule has 0 aromatic carbocycles. The number of likely N-dealkylation sites (tertiary alicyclic amines) is 2. The number of rotatable bonds is 5. The van der Waals surface area contributed by atoms with Crippen LogP contribution in [-0.2, 0) is 13.1 Å². The molecule has 0 N–H and O–H groups in total. The molecule has 0 bridgehead atoms. The molecule has 4 rings (SSSR count). The van der Waals surface area contributed by atoms with Crippen molar-refractivity contribution in [3.05, 3.63) is 39.3 Å². The van der Waals surface area contributed by atoms with Gasteiger partial charge in [0.1, 0.15) is 0 Å². The summed E-state index contributed by atoms with van der Waals surface area (Å²) in [5.74, 6) is 0. The topological polar surface area (TPSA) is 24.3 Å². The van der Waals surface area contributed by atoms with Crippen molar-refractivity contribution in [3.8, 4) is 0 Å². The van der Waals surface area contributed by atoms with E-state index in [-0.39, 0.29) is 0 Å². The fourth-order valence-electron chi connectivity index (χ4n) is 3.82. The van der Waals surface area contributed by atoms with Gasteiger partial charge in [-0.2, -0.15) is 5.10 Å². The zero-order valence-corrected chi connectivity index (χ0v) is 15.0. The van der Waals surface area contributed by atoms with E-state index in [0.29, 0.717) is 6.04 Å². The van der Waals surface area contributed by atoms with Crippen LogP contribution in [0.1, 0.15) is 40.0 Å². The molecule has 0 aliphatic carbocycles. The Kier molecular flexibility index (Phi) is 4.26. The van der Waals surface area contributed by atoms with Crippen LogP contribution >= 0.6 is 11.3 Å². The van der Waals surface area contributed by atoms with Crippen molar-refractivity contribution < 1.29 is 0 Å². The van der Waals surface area contributed by atoms with Gasteiger partial charge < -0.3 is 0 Å². The lowest BCUT2D eigenvalue weighted by atomic mass is 10.1. The van der Waals surface area contributed by atoms with Gasteiger partial charge in [-0.25, -0.2) is 0 Å². The summed E-state index contributed by atoms with van der Waals surface area (Å²) in [5, 5.41) is 4.62. The Bertz CT molecular complexity index is 662. The standard InChI is InChI=1S/C18H26N4S/c1-14-9-15(2)22(19-14)16-10-21(11-16)13-18-6-5-17(23-18)12-20-7-3-4-8-20/h5-6,9,16H,3-4,7-8,10-13H2,1-2H3. The van der Waals surface area contributed by atoms with Crippen LogP contribution in [0.15, 0.2) is 18.2 Å². The van der Waals surface area contributed by atoms with Crippen molar-refractivity contribution in [1.82, 2.24) is 19.6 Å². The largest absolute Gasteiger partial charge is 0.298 e. The summed E-state index contributed by atoms with van der Waals surface area (Å²) in [7, 11) is 0. The third kappa shape index (κ3) is 3.37. The lowest BCUT2D eigenvalue weighted by Gasteiger charge is -2.39. The first kappa shape index (κ1) is 15.4. The zero-order chi connectivity index (χ0) is 15.8. The van der Waals surface area contributed by atoms with Gasteiger partial charge in [-0.15, -0.1) is 11.3 Å². The van der Waals surface area contributed by atoms with E-state index >= 15 is 0 Å². The van der Waals surface area contributed by atoms with Crippen LogP contribution < -0.4 is 0 Å². The van der Waals surface area contributed by atoms with Gasteiger partial charge in [-0.3, -0.25) is 14.5 Å². The summed E-state index contributed by atoms with van der Waals surface area (Å²) in [6, 6.07) is 7.39. The van der Waals surface area contributed by atoms with Crippen molar-refractivity contribution in [1.29, 1.82) is 0 Å². The first-order valence-electron chi connectivity index (χ1n) is 8.72. The van der Waals surface area contributed by atoms with Crippen molar-refractivity contribution in [2.45, 2.75) is 45.8 Å². The smallest absolute Gasteiger partial charge is 0.0776 e.